The molecule has 3 atom stereocenters. The molecule has 4 nitrogen and oxygen atoms in total. The summed E-state index contributed by atoms with van der Waals surface area (Å²) in [6.07, 6.45) is 3.35. The topological polar surface area (TPSA) is 37.4 Å². The summed E-state index contributed by atoms with van der Waals surface area (Å²) < 4.78 is 5.96. The Balaban J connectivity index is 1.73. The molecule has 0 saturated carbocycles. The SMILES string of the molecule is C[C@@H]1CNC[C@H]2Cc3ccc(C4(C)CCCO4)nc3N21. The molecule has 3 aliphatic rings. The maximum Gasteiger partial charge on any atom is 0.132 e. The van der Waals surface area contributed by atoms with Gasteiger partial charge in [-0.05, 0) is 44.7 Å². The molecule has 0 bridgehead atoms. The summed E-state index contributed by atoms with van der Waals surface area (Å²) in [5.41, 5.74) is 2.33. The number of nitrogens with zero attached hydrogens (tertiary/aromatic N) is 2. The van der Waals surface area contributed by atoms with Crippen LogP contribution < -0.4 is 10.2 Å². The van der Waals surface area contributed by atoms with E-state index in [1.165, 1.54) is 11.4 Å². The minimum atomic E-state index is -0.176. The Kier molecular flexibility index (Phi) is 2.79. The van der Waals surface area contributed by atoms with E-state index >= 15 is 0 Å². The molecule has 2 saturated heterocycles. The number of hydrogen-bond donors (Lipinski definition) is 1. The van der Waals surface area contributed by atoms with Gasteiger partial charge in [-0.2, -0.15) is 0 Å². The summed E-state index contributed by atoms with van der Waals surface area (Å²) in [5.74, 6) is 1.21. The molecule has 1 unspecified atom stereocenters. The lowest BCUT2D eigenvalue weighted by Gasteiger charge is -2.38. The van der Waals surface area contributed by atoms with Crippen LogP contribution in [0.2, 0.25) is 0 Å². The first-order chi connectivity index (χ1) is 9.67. The van der Waals surface area contributed by atoms with Gasteiger partial charge in [0.15, 0.2) is 0 Å². The fraction of sp³-hybridized carbons (Fsp3) is 0.688. The third-order valence-corrected chi connectivity index (χ3v) is 5.10. The lowest BCUT2D eigenvalue weighted by Crippen LogP contribution is -2.55. The van der Waals surface area contributed by atoms with Crippen LogP contribution in [0, 0.1) is 0 Å². The molecule has 108 valence electrons. The number of piperazine rings is 1. The second-order valence-electron chi connectivity index (χ2n) is 6.63. The van der Waals surface area contributed by atoms with Crippen molar-refractivity contribution in [2.24, 2.45) is 0 Å². The normalized spacial score (nSPS) is 36.0. The summed E-state index contributed by atoms with van der Waals surface area (Å²) in [6.45, 7) is 7.46. The number of rotatable bonds is 1. The first kappa shape index (κ1) is 12.6. The van der Waals surface area contributed by atoms with Crippen molar-refractivity contribution in [1.29, 1.82) is 0 Å². The van der Waals surface area contributed by atoms with E-state index in [0.29, 0.717) is 12.1 Å². The van der Waals surface area contributed by atoms with Crippen molar-refractivity contribution in [3.8, 4) is 0 Å². The summed E-state index contributed by atoms with van der Waals surface area (Å²) in [6, 6.07) is 5.56. The zero-order valence-electron chi connectivity index (χ0n) is 12.4. The number of aromatic nitrogens is 1. The minimum absolute atomic E-state index is 0.176. The van der Waals surface area contributed by atoms with Gasteiger partial charge in [0.05, 0.1) is 5.69 Å². The Labute approximate surface area is 120 Å². The van der Waals surface area contributed by atoms with Gasteiger partial charge in [-0.1, -0.05) is 6.07 Å². The van der Waals surface area contributed by atoms with Gasteiger partial charge in [-0.3, -0.25) is 0 Å². The molecule has 2 fully saturated rings. The number of ether oxygens (including phenoxy) is 1. The van der Waals surface area contributed by atoms with E-state index in [4.69, 9.17) is 9.72 Å². The van der Waals surface area contributed by atoms with Crippen molar-refractivity contribution in [1.82, 2.24) is 10.3 Å². The van der Waals surface area contributed by atoms with Gasteiger partial charge < -0.3 is 15.0 Å². The summed E-state index contributed by atoms with van der Waals surface area (Å²) in [5, 5.41) is 3.52. The summed E-state index contributed by atoms with van der Waals surface area (Å²) in [7, 11) is 0. The molecule has 1 aromatic heterocycles. The molecule has 20 heavy (non-hydrogen) atoms. The summed E-state index contributed by atoms with van der Waals surface area (Å²) in [4.78, 5) is 7.54. The first-order valence-corrected chi connectivity index (χ1v) is 7.81. The van der Waals surface area contributed by atoms with E-state index < -0.39 is 0 Å². The average molecular weight is 273 g/mol. The lowest BCUT2D eigenvalue weighted by atomic mass is 9.97. The molecule has 0 aromatic carbocycles. The first-order valence-electron chi connectivity index (χ1n) is 7.81. The number of anilines is 1. The molecule has 4 rings (SSSR count). The highest BCUT2D eigenvalue weighted by atomic mass is 16.5. The molecule has 0 aliphatic carbocycles. The predicted molar refractivity (Wildman–Crippen MR) is 79.1 cm³/mol. The van der Waals surface area contributed by atoms with E-state index in [9.17, 15) is 0 Å². The van der Waals surface area contributed by atoms with Crippen LogP contribution in [0.4, 0.5) is 5.82 Å². The van der Waals surface area contributed by atoms with Gasteiger partial charge in [0.2, 0.25) is 0 Å². The van der Waals surface area contributed by atoms with Crippen molar-refractivity contribution in [3.63, 3.8) is 0 Å². The smallest absolute Gasteiger partial charge is 0.132 e. The number of fused-ring (bicyclic) bond motifs is 3. The molecular weight excluding hydrogens is 250 g/mol. The Hall–Kier alpha value is -1.13. The monoisotopic (exact) mass is 273 g/mol. The third kappa shape index (κ3) is 1.78. The Morgan fingerprint density at radius 1 is 1.40 bits per heavy atom. The van der Waals surface area contributed by atoms with E-state index in [-0.39, 0.29) is 5.60 Å². The van der Waals surface area contributed by atoms with Gasteiger partial charge >= 0.3 is 0 Å². The van der Waals surface area contributed by atoms with E-state index in [1.807, 2.05) is 0 Å². The van der Waals surface area contributed by atoms with Crippen LogP contribution in [0.1, 0.15) is 37.9 Å². The molecule has 4 heteroatoms. The van der Waals surface area contributed by atoms with Crippen molar-refractivity contribution in [2.75, 3.05) is 24.6 Å². The fourth-order valence-corrected chi connectivity index (χ4v) is 3.96. The van der Waals surface area contributed by atoms with Crippen LogP contribution >= 0.6 is 0 Å². The molecule has 0 radical (unpaired) electrons. The lowest BCUT2D eigenvalue weighted by molar-refractivity contribution is 0.0133. The van der Waals surface area contributed by atoms with Gasteiger partial charge in [0.1, 0.15) is 11.4 Å². The molecule has 0 amide bonds. The Morgan fingerprint density at radius 3 is 3.10 bits per heavy atom. The van der Waals surface area contributed by atoms with Crippen LogP contribution in [0.15, 0.2) is 12.1 Å². The van der Waals surface area contributed by atoms with Crippen LogP contribution in [0.3, 0.4) is 0 Å². The van der Waals surface area contributed by atoms with E-state index in [2.05, 4.69) is 36.2 Å². The minimum Gasteiger partial charge on any atom is -0.369 e. The standard InChI is InChI=1S/C16H23N3O/c1-11-9-17-10-13-8-12-4-5-14(18-15(12)19(11)13)16(2)6-3-7-20-16/h4-5,11,13,17H,3,6-10H2,1-2H3/t11-,13-,16?/m1/s1. The van der Waals surface area contributed by atoms with Crippen LogP contribution in [-0.4, -0.2) is 36.8 Å². The van der Waals surface area contributed by atoms with Gasteiger partial charge in [0.25, 0.3) is 0 Å². The van der Waals surface area contributed by atoms with Crippen LogP contribution in [0.5, 0.6) is 0 Å². The second-order valence-corrected chi connectivity index (χ2v) is 6.63. The zero-order chi connectivity index (χ0) is 13.7. The Morgan fingerprint density at radius 2 is 2.30 bits per heavy atom. The van der Waals surface area contributed by atoms with E-state index in [1.54, 1.807) is 0 Å². The highest BCUT2D eigenvalue weighted by Crippen LogP contribution is 2.39. The predicted octanol–water partition coefficient (Wildman–Crippen LogP) is 1.83. The van der Waals surface area contributed by atoms with E-state index in [0.717, 1.165) is 44.7 Å². The number of pyridine rings is 1. The van der Waals surface area contributed by atoms with Crippen LogP contribution in [-0.2, 0) is 16.8 Å². The van der Waals surface area contributed by atoms with Crippen molar-refractivity contribution in [2.45, 2.75) is 50.8 Å². The average Bonchev–Trinajstić information content (AvgIpc) is 3.03. The molecule has 1 N–H and O–H groups in total. The summed E-state index contributed by atoms with van der Waals surface area (Å²) >= 11 is 0. The maximum absolute atomic E-state index is 5.96. The zero-order valence-corrected chi connectivity index (χ0v) is 12.4. The third-order valence-electron chi connectivity index (χ3n) is 5.10. The molecule has 1 aromatic rings. The molecule has 4 heterocycles. The molecule has 3 aliphatic heterocycles. The fourth-order valence-electron chi connectivity index (χ4n) is 3.96. The maximum atomic E-state index is 5.96. The number of hydrogen-bond acceptors (Lipinski definition) is 4. The second kappa shape index (κ2) is 4.43. The largest absolute Gasteiger partial charge is 0.369 e. The van der Waals surface area contributed by atoms with Crippen molar-refractivity contribution < 1.29 is 4.74 Å². The molecular formula is C16H23N3O. The number of nitrogens with one attached hydrogen (secondary N) is 1. The van der Waals surface area contributed by atoms with Crippen LogP contribution in [0.25, 0.3) is 0 Å². The quantitative estimate of drug-likeness (QED) is 0.847. The highest BCUT2D eigenvalue weighted by molar-refractivity contribution is 5.56. The van der Waals surface area contributed by atoms with Crippen molar-refractivity contribution >= 4 is 5.82 Å². The molecule has 0 spiro atoms. The Bertz CT molecular complexity index is 524. The van der Waals surface area contributed by atoms with Crippen molar-refractivity contribution in [3.05, 3.63) is 23.4 Å². The highest BCUT2D eigenvalue weighted by Gasteiger charge is 2.39. The van der Waals surface area contributed by atoms with Gasteiger partial charge in [-0.15, -0.1) is 0 Å². The van der Waals surface area contributed by atoms with Gasteiger partial charge in [0, 0.05) is 31.8 Å². The van der Waals surface area contributed by atoms with Gasteiger partial charge in [-0.25, -0.2) is 4.98 Å².